The van der Waals surface area contributed by atoms with Crippen molar-refractivity contribution in [2.45, 2.75) is 13.5 Å². The number of benzene rings is 2. The molecule has 0 unspecified atom stereocenters. The number of fused-ring (bicyclic) bond motifs is 1. The summed E-state index contributed by atoms with van der Waals surface area (Å²) in [5.41, 5.74) is 2.35. The number of thiazole rings is 2. The van der Waals surface area contributed by atoms with Crippen molar-refractivity contribution in [3.05, 3.63) is 63.7 Å². The normalized spacial score (nSPS) is 12.2. The Bertz CT molecular complexity index is 1590. The van der Waals surface area contributed by atoms with Gasteiger partial charge in [-0.2, -0.15) is 4.99 Å². The highest BCUT2D eigenvalue weighted by Crippen LogP contribution is 2.25. The molecule has 0 bridgehead atoms. The second-order valence-corrected chi connectivity index (χ2v) is 12.2. The Hall–Kier alpha value is -2.90. The van der Waals surface area contributed by atoms with Gasteiger partial charge in [-0.15, -0.1) is 11.3 Å². The van der Waals surface area contributed by atoms with Crippen molar-refractivity contribution < 1.29 is 22.7 Å². The first-order valence-electron chi connectivity index (χ1n) is 11.2. The van der Waals surface area contributed by atoms with Gasteiger partial charge in [0.25, 0.3) is 5.91 Å². The average Bonchev–Trinajstić information content (AvgIpc) is 3.43. The highest BCUT2D eigenvalue weighted by Gasteiger charge is 2.22. The van der Waals surface area contributed by atoms with Crippen LogP contribution in [0.5, 0.6) is 0 Å². The van der Waals surface area contributed by atoms with Crippen LogP contribution in [0.25, 0.3) is 21.5 Å². The van der Waals surface area contributed by atoms with Crippen LogP contribution in [0.4, 0.5) is 5.13 Å². The number of amides is 2. The van der Waals surface area contributed by atoms with Gasteiger partial charge in [-0.3, -0.25) is 9.59 Å². The maximum atomic E-state index is 12.6. The molecule has 0 aliphatic heterocycles. The lowest BCUT2D eigenvalue weighted by Crippen LogP contribution is -2.28. The zero-order valence-electron chi connectivity index (χ0n) is 19.7. The van der Waals surface area contributed by atoms with Gasteiger partial charge >= 0.3 is 0 Å². The molecular formula is C24H23ClN4O5S3. The summed E-state index contributed by atoms with van der Waals surface area (Å²) < 4.78 is 33.2. The quantitative estimate of drug-likeness (QED) is 0.284. The van der Waals surface area contributed by atoms with E-state index >= 15 is 0 Å². The van der Waals surface area contributed by atoms with Crippen LogP contribution in [-0.2, 0) is 30.7 Å². The van der Waals surface area contributed by atoms with Gasteiger partial charge < -0.3 is 14.6 Å². The molecule has 0 fully saturated rings. The Morgan fingerprint density at radius 2 is 1.95 bits per heavy atom. The maximum Gasteiger partial charge on any atom is 0.263 e. The van der Waals surface area contributed by atoms with Crippen LogP contribution in [0.15, 0.2) is 58.9 Å². The van der Waals surface area contributed by atoms with Crippen LogP contribution in [0.3, 0.4) is 0 Å². The number of aromatic nitrogens is 2. The van der Waals surface area contributed by atoms with E-state index in [0.717, 1.165) is 15.8 Å². The number of sulfone groups is 1. The van der Waals surface area contributed by atoms with Gasteiger partial charge in [0.2, 0.25) is 5.91 Å². The van der Waals surface area contributed by atoms with Crippen LogP contribution in [0, 0.1) is 0 Å². The summed E-state index contributed by atoms with van der Waals surface area (Å²) in [5, 5.41) is 5.06. The van der Waals surface area contributed by atoms with E-state index in [-0.39, 0.29) is 5.13 Å². The van der Waals surface area contributed by atoms with Gasteiger partial charge in [0.05, 0.1) is 22.5 Å². The smallest absolute Gasteiger partial charge is 0.263 e. The van der Waals surface area contributed by atoms with Crippen molar-refractivity contribution in [1.82, 2.24) is 9.55 Å². The molecule has 0 saturated carbocycles. The van der Waals surface area contributed by atoms with Crippen LogP contribution >= 0.6 is 34.3 Å². The van der Waals surface area contributed by atoms with Crippen LogP contribution in [0.1, 0.15) is 6.92 Å². The first-order valence-corrected chi connectivity index (χ1v) is 15.1. The van der Waals surface area contributed by atoms with Gasteiger partial charge in [0.15, 0.2) is 19.8 Å². The Morgan fingerprint density at radius 1 is 1.16 bits per heavy atom. The molecule has 4 rings (SSSR count). The number of carbonyl (C=O) groups excluding carboxylic acids is 2. The molecule has 9 nitrogen and oxygen atoms in total. The predicted octanol–water partition coefficient (Wildman–Crippen LogP) is 4.00. The number of rotatable bonds is 10. The Kier molecular flexibility index (Phi) is 8.87. The predicted molar refractivity (Wildman–Crippen MR) is 147 cm³/mol. The van der Waals surface area contributed by atoms with Crippen LogP contribution in [-0.4, -0.2) is 54.5 Å². The van der Waals surface area contributed by atoms with E-state index in [1.54, 1.807) is 22.1 Å². The Morgan fingerprint density at radius 3 is 2.70 bits per heavy atom. The van der Waals surface area contributed by atoms with Crippen molar-refractivity contribution in [2.24, 2.45) is 4.99 Å². The Balaban J connectivity index is 1.44. The van der Waals surface area contributed by atoms with Gasteiger partial charge in [-0.1, -0.05) is 53.3 Å². The van der Waals surface area contributed by atoms with Crippen molar-refractivity contribution in [3.8, 4) is 11.3 Å². The standard InChI is InChI=1S/C24H23ClN4O5S3/c1-2-34-11-10-29-19-9-8-17(25)12-20(19)36-24(29)28-22(31)15-37(32,33)14-21(30)27-23-26-18(13-35-23)16-6-4-3-5-7-16/h3-9,12-13H,2,10-11,14-15H2,1H3,(H,26,27,30). The summed E-state index contributed by atoms with van der Waals surface area (Å²) in [4.78, 5) is 33.7. The maximum absolute atomic E-state index is 12.6. The van der Waals surface area contributed by atoms with Crippen molar-refractivity contribution in [2.75, 3.05) is 30.0 Å². The van der Waals surface area contributed by atoms with Crippen LogP contribution < -0.4 is 10.1 Å². The first kappa shape index (κ1) is 27.1. The summed E-state index contributed by atoms with van der Waals surface area (Å²) in [5.74, 6) is -3.39. The molecule has 0 saturated heterocycles. The lowest BCUT2D eigenvalue weighted by molar-refractivity contribution is -0.115. The summed E-state index contributed by atoms with van der Waals surface area (Å²) in [6.45, 7) is 3.24. The summed E-state index contributed by atoms with van der Waals surface area (Å²) in [7, 11) is -4.07. The SMILES string of the molecule is CCOCCn1c(=NC(=O)CS(=O)(=O)CC(=O)Nc2nc(-c3ccccc3)cs2)sc2cc(Cl)ccc21. The Labute approximate surface area is 226 Å². The number of nitrogens with zero attached hydrogens (tertiary/aromatic N) is 3. The molecule has 0 aliphatic rings. The summed E-state index contributed by atoms with van der Waals surface area (Å²) >= 11 is 8.50. The first-order chi connectivity index (χ1) is 17.7. The van der Waals surface area contributed by atoms with E-state index in [2.05, 4.69) is 15.3 Å². The zero-order chi connectivity index (χ0) is 26.4. The lowest BCUT2D eigenvalue weighted by atomic mass is 10.2. The fourth-order valence-electron chi connectivity index (χ4n) is 3.45. The molecule has 2 heterocycles. The highest BCUT2D eigenvalue weighted by molar-refractivity contribution is 7.92. The number of carbonyl (C=O) groups is 2. The number of ether oxygens (including phenoxy) is 1. The topological polar surface area (TPSA) is 120 Å². The highest BCUT2D eigenvalue weighted by atomic mass is 35.5. The fraction of sp³-hybridized carbons (Fsp3) is 0.250. The monoisotopic (exact) mass is 578 g/mol. The minimum atomic E-state index is -4.07. The van der Waals surface area contributed by atoms with E-state index in [9.17, 15) is 18.0 Å². The molecule has 194 valence electrons. The molecule has 0 radical (unpaired) electrons. The van der Waals surface area contributed by atoms with Gasteiger partial charge in [0, 0.05) is 29.1 Å². The van der Waals surface area contributed by atoms with Crippen molar-refractivity contribution >= 4 is 71.3 Å². The van der Waals surface area contributed by atoms with Gasteiger partial charge in [0.1, 0.15) is 11.5 Å². The third-order valence-corrected chi connectivity index (χ3v) is 8.47. The minimum Gasteiger partial charge on any atom is -0.380 e. The molecule has 0 aliphatic carbocycles. The summed E-state index contributed by atoms with van der Waals surface area (Å²) in [6.07, 6.45) is 0. The van der Waals surface area contributed by atoms with E-state index in [0.29, 0.717) is 35.3 Å². The molecule has 4 aromatic rings. The van der Waals surface area contributed by atoms with Crippen molar-refractivity contribution in [1.29, 1.82) is 0 Å². The molecule has 37 heavy (non-hydrogen) atoms. The molecule has 2 amide bonds. The number of anilines is 1. The van der Waals surface area contributed by atoms with Gasteiger partial charge in [-0.05, 0) is 25.1 Å². The fourth-order valence-corrected chi connectivity index (χ4v) is 6.55. The zero-order valence-corrected chi connectivity index (χ0v) is 22.9. The van der Waals surface area contributed by atoms with E-state index in [1.165, 1.54) is 22.7 Å². The molecule has 0 atom stereocenters. The number of hydrogen-bond acceptors (Lipinski definition) is 8. The van der Waals surface area contributed by atoms with E-state index in [4.69, 9.17) is 16.3 Å². The third-order valence-electron chi connectivity index (χ3n) is 5.04. The lowest BCUT2D eigenvalue weighted by Gasteiger charge is -2.05. The van der Waals surface area contributed by atoms with E-state index < -0.39 is 33.2 Å². The molecule has 2 aromatic carbocycles. The van der Waals surface area contributed by atoms with Gasteiger partial charge in [-0.25, -0.2) is 13.4 Å². The second kappa shape index (κ2) is 12.1. The minimum absolute atomic E-state index is 0.273. The molecular weight excluding hydrogens is 556 g/mol. The largest absolute Gasteiger partial charge is 0.380 e. The van der Waals surface area contributed by atoms with Crippen molar-refractivity contribution in [3.63, 3.8) is 0 Å². The van der Waals surface area contributed by atoms with Crippen LogP contribution in [0.2, 0.25) is 5.02 Å². The molecule has 0 spiro atoms. The summed E-state index contributed by atoms with van der Waals surface area (Å²) in [6, 6.07) is 14.7. The number of hydrogen-bond donors (Lipinski definition) is 1. The second-order valence-electron chi connectivity index (χ2n) is 7.84. The third kappa shape index (κ3) is 7.33. The molecule has 2 aromatic heterocycles. The number of nitrogens with one attached hydrogen (secondary N) is 1. The van der Waals surface area contributed by atoms with E-state index in [1.807, 2.05) is 43.3 Å². The molecule has 13 heteroatoms. The number of halogens is 1. The average molecular weight is 579 g/mol. The molecule has 1 N–H and O–H groups in total.